The number of amides is 1. The van der Waals surface area contributed by atoms with Gasteiger partial charge in [-0.05, 0) is 18.2 Å². The quantitative estimate of drug-likeness (QED) is 0.506. The number of para-hydroxylation sites is 1. The average molecular weight is 393 g/mol. The van der Waals surface area contributed by atoms with Gasteiger partial charge in [0.2, 0.25) is 0 Å². The molecule has 0 aliphatic carbocycles. The second-order valence-corrected chi connectivity index (χ2v) is 6.63. The van der Waals surface area contributed by atoms with E-state index >= 15 is 0 Å². The summed E-state index contributed by atoms with van der Waals surface area (Å²) in [6, 6.07) is 11.1. The summed E-state index contributed by atoms with van der Waals surface area (Å²) in [4.78, 5) is 35.6. The van der Waals surface area contributed by atoms with Crippen molar-refractivity contribution in [3.05, 3.63) is 71.9 Å². The van der Waals surface area contributed by atoms with Crippen LogP contribution in [-0.4, -0.2) is 38.5 Å². The number of imidazole rings is 1. The fourth-order valence-corrected chi connectivity index (χ4v) is 3.37. The number of thiazole rings is 1. The molecule has 2 N–H and O–H groups in total. The van der Waals surface area contributed by atoms with Crippen molar-refractivity contribution in [2.45, 2.75) is 0 Å². The van der Waals surface area contributed by atoms with Crippen LogP contribution in [0, 0.1) is 0 Å². The van der Waals surface area contributed by atoms with E-state index in [1.54, 1.807) is 28.5 Å². The molecular formula is C19H15N5O3S. The van der Waals surface area contributed by atoms with Gasteiger partial charge in [-0.2, -0.15) is 0 Å². The monoisotopic (exact) mass is 393 g/mol. The maximum Gasteiger partial charge on any atom is 0.354 e. The van der Waals surface area contributed by atoms with Crippen LogP contribution >= 0.6 is 11.3 Å². The number of nitrogens with zero attached hydrogens (tertiary/aromatic N) is 3. The number of rotatable bonds is 5. The standard InChI is InChI=1S/C19H15N5O3S/c1-27-18(26)14-7-12(8-21-14)15-10-28-19(22-15)23-17(25)16-9-20-11-24(16)13-5-3-2-4-6-13/h2-11,21H,1H3,(H,22,23,25). The average Bonchev–Trinajstić information content (AvgIpc) is 3.47. The van der Waals surface area contributed by atoms with Gasteiger partial charge in [-0.15, -0.1) is 11.3 Å². The number of anilines is 1. The van der Waals surface area contributed by atoms with Gasteiger partial charge in [0.05, 0.1) is 25.3 Å². The number of esters is 1. The molecule has 140 valence electrons. The fourth-order valence-electron chi connectivity index (χ4n) is 2.65. The van der Waals surface area contributed by atoms with Crippen molar-refractivity contribution in [2.24, 2.45) is 0 Å². The minimum absolute atomic E-state index is 0.313. The second kappa shape index (κ2) is 7.49. The Balaban J connectivity index is 1.52. The van der Waals surface area contributed by atoms with E-state index in [4.69, 9.17) is 0 Å². The molecule has 0 unspecified atom stereocenters. The van der Waals surface area contributed by atoms with E-state index in [0.29, 0.717) is 22.2 Å². The van der Waals surface area contributed by atoms with Crippen molar-refractivity contribution < 1.29 is 14.3 Å². The Morgan fingerprint density at radius 3 is 2.86 bits per heavy atom. The molecule has 0 atom stereocenters. The second-order valence-electron chi connectivity index (χ2n) is 5.77. The van der Waals surface area contributed by atoms with E-state index in [1.807, 2.05) is 30.3 Å². The number of carbonyl (C=O) groups is 2. The summed E-state index contributed by atoms with van der Waals surface area (Å²) in [7, 11) is 1.32. The van der Waals surface area contributed by atoms with Crippen molar-refractivity contribution in [3.63, 3.8) is 0 Å². The number of hydrogen-bond acceptors (Lipinski definition) is 6. The SMILES string of the molecule is COC(=O)c1cc(-c2csc(NC(=O)c3cncn3-c3ccccc3)n2)c[nH]1. The van der Waals surface area contributed by atoms with Gasteiger partial charge in [0.15, 0.2) is 5.13 Å². The van der Waals surface area contributed by atoms with Gasteiger partial charge in [-0.1, -0.05) is 18.2 Å². The number of nitrogens with one attached hydrogen (secondary N) is 2. The van der Waals surface area contributed by atoms with Crippen LogP contribution in [0.5, 0.6) is 0 Å². The van der Waals surface area contributed by atoms with Crippen LogP contribution in [0.3, 0.4) is 0 Å². The lowest BCUT2D eigenvalue weighted by atomic mass is 10.2. The molecule has 1 aromatic carbocycles. The molecule has 0 radical (unpaired) electrons. The van der Waals surface area contributed by atoms with Crippen molar-refractivity contribution >= 4 is 28.3 Å². The summed E-state index contributed by atoms with van der Waals surface area (Å²) < 4.78 is 6.39. The Kier molecular flexibility index (Phi) is 4.73. The van der Waals surface area contributed by atoms with Crippen LogP contribution < -0.4 is 5.32 Å². The molecule has 0 aliphatic rings. The predicted molar refractivity (Wildman–Crippen MR) is 105 cm³/mol. The van der Waals surface area contributed by atoms with Gasteiger partial charge in [0, 0.05) is 22.8 Å². The van der Waals surface area contributed by atoms with Crippen molar-refractivity contribution in [1.82, 2.24) is 19.5 Å². The highest BCUT2D eigenvalue weighted by Crippen LogP contribution is 2.26. The number of H-pyrrole nitrogens is 1. The molecular weight excluding hydrogens is 378 g/mol. The van der Waals surface area contributed by atoms with E-state index in [0.717, 1.165) is 11.3 Å². The van der Waals surface area contributed by atoms with Gasteiger partial charge in [0.25, 0.3) is 5.91 Å². The Morgan fingerprint density at radius 1 is 1.25 bits per heavy atom. The lowest BCUT2D eigenvalue weighted by Crippen LogP contribution is -2.15. The van der Waals surface area contributed by atoms with Crippen LogP contribution in [0.15, 0.2) is 60.5 Å². The van der Waals surface area contributed by atoms with Crippen molar-refractivity contribution in [3.8, 4) is 16.9 Å². The highest BCUT2D eigenvalue weighted by molar-refractivity contribution is 7.14. The Bertz CT molecular complexity index is 1130. The predicted octanol–water partition coefficient (Wildman–Crippen LogP) is 3.36. The zero-order valence-electron chi connectivity index (χ0n) is 14.7. The summed E-state index contributed by atoms with van der Waals surface area (Å²) in [6.45, 7) is 0. The van der Waals surface area contributed by atoms with Gasteiger partial charge in [-0.3, -0.25) is 14.7 Å². The van der Waals surface area contributed by atoms with E-state index in [-0.39, 0.29) is 5.91 Å². The van der Waals surface area contributed by atoms with Crippen molar-refractivity contribution in [1.29, 1.82) is 0 Å². The number of aromatic nitrogens is 4. The first-order chi connectivity index (χ1) is 13.7. The third kappa shape index (κ3) is 3.42. The Hall–Kier alpha value is -3.72. The van der Waals surface area contributed by atoms with Gasteiger partial charge in [0.1, 0.15) is 11.4 Å². The molecule has 9 heteroatoms. The van der Waals surface area contributed by atoms with E-state index in [1.165, 1.54) is 24.6 Å². The molecule has 0 fully saturated rings. The molecule has 0 saturated carbocycles. The Morgan fingerprint density at radius 2 is 2.07 bits per heavy atom. The number of aromatic amines is 1. The lowest BCUT2D eigenvalue weighted by Gasteiger charge is -2.07. The minimum Gasteiger partial charge on any atom is -0.464 e. The van der Waals surface area contributed by atoms with Crippen LogP contribution in [-0.2, 0) is 4.74 Å². The van der Waals surface area contributed by atoms with E-state index in [2.05, 4.69) is 25.0 Å². The third-order valence-electron chi connectivity index (χ3n) is 4.01. The number of ether oxygens (including phenoxy) is 1. The minimum atomic E-state index is -0.454. The molecule has 0 aliphatic heterocycles. The highest BCUT2D eigenvalue weighted by Gasteiger charge is 2.16. The fraction of sp³-hybridized carbons (Fsp3) is 0.0526. The topological polar surface area (TPSA) is 102 Å². The Labute approximate surface area is 163 Å². The van der Waals surface area contributed by atoms with Gasteiger partial charge >= 0.3 is 5.97 Å². The molecule has 4 aromatic rings. The largest absolute Gasteiger partial charge is 0.464 e. The first-order valence-electron chi connectivity index (χ1n) is 8.27. The molecule has 4 rings (SSSR count). The highest BCUT2D eigenvalue weighted by atomic mass is 32.1. The zero-order chi connectivity index (χ0) is 19.5. The molecule has 1 amide bonds. The van der Waals surface area contributed by atoms with Gasteiger partial charge in [-0.25, -0.2) is 14.8 Å². The maximum absolute atomic E-state index is 12.7. The van der Waals surface area contributed by atoms with E-state index in [9.17, 15) is 9.59 Å². The summed E-state index contributed by atoms with van der Waals surface area (Å²) in [5, 5.41) is 5.04. The normalized spacial score (nSPS) is 10.6. The summed E-state index contributed by atoms with van der Waals surface area (Å²) in [5.41, 5.74) is 2.95. The van der Waals surface area contributed by atoms with E-state index < -0.39 is 5.97 Å². The number of hydrogen-bond donors (Lipinski definition) is 2. The molecule has 3 heterocycles. The zero-order valence-corrected chi connectivity index (χ0v) is 15.6. The number of methoxy groups -OCH3 is 1. The van der Waals surface area contributed by atoms with Crippen LogP contribution in [0.2, 0.25) is 0 Å². The third-order valence-corrected chi connectivity index (χ3v) is 4.77. The number of carbonyl (C=O) groups excluding carboxylic acids is 2. The molecule has 0 spiro atoms. The van der Waals surface area contributed by atoms with Crippen molar-refractivity contribution in [2.75, 3.05) is 12.4 Å². The molecule has 0 saturated heterocycles. The molecule has 28 heavy (non-hydrogen) atoms. The van der Waals surface area contributed by atoms with Gasteiger partial charge < -0.3 is 9.72 Å². The van der Waals surface area contributed by atoms with Crippen LogP contribution in [0.4, 0.5) is 5.13 Å². The maximum atomic E-state index is 12.7. The number of benzene rings is 1. The first kappa shape index (κ1) is 17.7. The molecule has 8 nitrogen and oxygen atoms in total. The smallest absolute Gasteiger partial charge is 0.354 e. The lowest BCUT2D eigenvalue weighted by molar-refractivity contribution is 0.0594. The van der Waals surface area contributed by atoms with Crippen LogP contribution in [0.25, 0.3) is 16.9 Å². The first-order valence-corrected chi connectivity index (χ1v) is 9.15. The summed E-state index contributed by atoms with van der Waals surface area (Å²) >= 11 is 1.29. The summed E-state index contributed by atoms with van der Waals surface area (Å²) in [6.07, 6.45) is 4.76. The summed E-state index contributed by atoms with van der Waals surface area (Å²) in [5.74, 6) is -0.768. The van der Waals surface area contributed by atoms with Crippen LogP contribution in [0.1, 0.15) is 21.0 Å². The molecule has 0 bridgehead atoms. The molecule has 3 aromatic heterocycles.